The van der Waals surface area contributed by atoms with Gasteiger partial charge in [0.2, 0.25) is 5.78 Å². The van der Waals surface area contributed by atoms with Crippen LogP contribution in [0.5, 0.6) is 11.5 Å². The Morgan fingerprint density at radius 3 is 2.39 bits per heavy atom. The molecule has 2 aromatic carbocycles. The van der Waals surface area contributed by atoms with Gasteiger partial charge in [-0.1, -0.05) is 12.1 Å². The van der Waals surface area contributed by atoms with Crippen LogP contribution in [0.25, 0.3) is 10.8 Å². The third-order valence-electron chi connectivity index (χ3n) is 6.59. The zero-order valence-corrected chi connectivity index (χ0v) is 18.1. The summed E-state index contributed by atoms with van der Waals surface area (Å²) >= 11 is 0. The molecule has 0 radical (unpaired) electrons. The molecule has 0 saturated heterocycles. The van der Waals surface area contributed by atoms with Crippen LogP contribution in [0, 0.1) is 19.8 Å². The Balaban J connectivity index is 2.10. The third kappa shape index (κ3) is 2.81. The van der Waals surface area contributed by atoms with Crippen molar-refractivity contribution >= 4 is 34.2 Å². The normalized spacial score (nSPS) is 24.5. The smallest absolute Gasteiger partial charge is 0.308 e. The number of aryl methyl sites for hydroxylation is 2. The lowest BCUT2D eigenvalue weighted by Gasteiger charge is -2.44. The molecular weight excluding hydrogens is 432 g/mol. The highest BCUT2D eigenvalue weighted by atomic mass is 16.5. The number of ketones is 2. The van der Waals surface area contributed by atoms with E-state index in [4.69, 9.17) is 16.2 Å². The van der Waals surface area contributed by atoms with Crippen LogP contribution < -0.4 is 16.2 Å². The highest BCUT2D eigenvalue weighted by Gasteiger charge is 2.61. The van der Waals surface area contributed by atoms with Crippen molar-refractivity contribution in [3.05, 3.63) is 45.7 Å². The van der Waals surface area contributed by atoms with Crippen molar-refractivity contribution in [3.63, 3.8) is 0 Å². The number of aliphatic hydroxyl groups is 2. The fourth-order valence-corrected chi connectivity index (χ4v) is 4.92. The fourth-order valence-electron chi connectivity index (χ4n) is 4.92. The van der Waals surface area contributed by atoms with Crippen LogP contribution >= 0.6 is 0 Å². The molecule has 2 aliphatic rings. The molecule has 7 N–H and O–H groups in total. The lowest BCUT2D eigenvalue weighted by Crippen LogP contribution is -2.64. The predicted molar refractivity (Wildman–Crippen MR) is 115 cm³/mol. The summed E-state index contributed by atoms with van der Waals surface area (Å²) in [7, 11) is 0. The van der Waals surface area contributed by atoms with Crippen LogP contribution in [0.1, 0.15) is 34.0 Å². The molecule has 0 saturated carbocycles. The van der Waals surface area contributed by atoms with Gasteiger partial charge in [0, 0.05) is 12.8 Å². The van der Waals surface area contributed by atoms with E-state index >= 15 is 0 Å². The average Bonchev–Trinajstić information content (AvgIpc) is 2.73. The fraction of sp³-hybridized carbons (Fsp3) is 0.304. The first-order chi connectivity index (χ1) is 15.3. The summed E-state index contributed by atoms with van der Waals surface area (Å²) < 4.78 is 5.30. The number of aromatic hydroxyl groups is 1. The van der Waals surface area contributed by atoms with Gasteiger partial charge < -0.3 is 31.5 Å². The summed E-state index contributed by atoms with van der Waals surface area (Å²) in [5.74, 6) is -7.14. The van der Waals surface area contributed by atoms with Crippen molar-refractivity contribution < 1.29 is 39.2 Å². The number of benzene rings is 2. The number of carbonyl (C=O) groups excluding carboxylic acids is 4. The molecule has 0 spiro atoms. The van der Waals surface area contributed by atoms with Gasteiger partial charge in [0.25, 0.3) is 5.91 Å². The van der Waals surface area contributed by atoms with E-state index < -0.39 is 58.1 Å². The number of ether oxygens (including phenoxy) is 1. The van der Waals surface area contributed by atoms with E-state index in [2.05, 4.69) is 0 Å². The van der Waals surface area contributed by atoms with Crippen LogP contribution in [0.2, 0.25) is 0 Å². The maximum absolute atomic E-state index is 13.6. The molecule has 2 aliphatic carbocycles. The quantitative estimate of drug-likeness (QED) is 0.242. The Morgan fingerprint density at radius 1 is 1.18 bits per heavy atom. The molecule has 3 atom stereocenters. The molecule has 1 amide bonds. The van der Waals surface area contributed by atoms with Crippen LogP contribution in [0.15, 0.2) is 23.5 Å². The summed E-state index contributed by atoms with van der Waals surface area (Å²) in [5.41, 5.74) is 8.51. The van der Waals surface area contributed by atoms with E-state index in [9.17, 15) is 34.5 Å². The SMILES string of the molecule is CC(=O)Oc1c(C)ccc2c(C)c3c(c(O)c12)C(=O)[C@]1(O)C(O)=C(C(N)=O)C(=O)[C@H](N)[C@@H]1C3. The van der Waals surface area contributed by atoms with Crippen LogP contribution in [-0.2, 0) is 20.8 Å². The van der Waals surface area contributed by atoms with Crippen LogP contribution in [-0.4, -0.2) is 50.4 Å². The molecule has 33 heavy (non-hydrogen) atoms. The summed E-state index contributed by atoms with van der Waals surface area (Å²) in [5, 5.41) is 33.7. The second-order valence-corrected chi connectivity index (χ2v) is 8.44. The summed E-state index contributed by atoms with van der Waals surface area (Å²) in [6.45, 7) is 4.51. The van der Waals surface area contributed by atoms with E-state index in [0.717, 1.165) is 0 Å². The number of carbonyl (C=O) groups is 4. The zero-order valence-electron chi connectivity index (χ0n) is 18.1. The van der Waals surface area contributed by atoms with Gasteiger partial charge in [0.05, 0.1) is 17.0 Å². The van der Waals surface area contributed by atoms with E-state index in [1.807, 2.05) is 0 Å². The van der Waals surface area contributed by atoms with E-state index in [0.29, 0.717) is 22.1 Å². The van der Waals surface area contributed by atoms with Crippen molar-refractivity contribution in [1.29, 1.82) is 0 Å². The highest BCUT2D eigenvalue weighted by Crippen LogP contribution is 2.50. The van der Waals surface area contributed by atoms with E-state index in [1.165, 1.54) is 6.92 Å². The largest absolute Gasteiger partial charge is 0.508 e. The van der Waals surface area contributed by atoms with Crippen molar-refractivity contribution in [2.45, 2.75) is 38.8 Å². The molecular formula is C23H22N2O8. The third-order valence-corrected chi connectivity index (χ3v) is 6.59. The minimum atomic E-state index is -2.76. The number of esters is 1. The van der Waals surface area contributed by atoms with Gasteiger partial charge in [-0.25, -0.2) is 0 Å². The first kappa shape index (κ1) is 22.4. The van der Waals surface area contributed by atoms with E-state index in [1.54, 1.807) is 26.0 Å². The molecule has 4 rings (SSSR count). The van der Waals surface area contributed by atoms with Crippen molar-refractivity contribution in [2.24, 2.45) is 17.4 Å². The van der Waals surface area contributed by atoms with Gasteiger partial charge in [0.1, 0.15) is 22.8 Å². The van der Waals surface area contributed by atoms with Gasteiger partial charge in [-0.2, -0.15) is 0 Å². The Kier molecular flexibility index (Phi) is 4.84. The van der Waals surface area contributed by atoms with Crippen molar-refractivity contribution in [2.75, 3.05) is 0 Å². The molecule has 0 aromatic heterocycles. The lowest BCUT2D eigenvalue weighted by molar-refractivity contribution is -0.132. The lowest BCUT2D eigenvalue weighted by atomic mass is 9.61. The minimum Gasteiger partial charge on any atom is -0.508 e. The second-order valence-electron chi connectivity index (χ2n) is 8.44. The predicted octanol–water partition coefficient (Wildman–Crippen LogP) is 0.381. The molecule has 172 valence electrons. The number of hydrogen-bond donors (Lipinski definition) is 5. The van der Waals surface area contributed by atoms with Gasteiger partial charge in [-0.05, 0) is 42.3 Å². The first-order valence-electron chi connectivity index (χ1n) is 10.1. The van der Waals surface area contributed by atoms with Gasteiger partial charge in [-0.3, -0.25) is 19.2 Å². The number of primary amides is 1. The number of rotatable bonds is 2. The first-order valence-corrected chi connectivity index (χ1v) is 10.1. The van der Waals surface area contributed by atoms with Gasteiger partial charge >= 0.3 is 5.97 Å². The number of aliphatic hydroxyl groups excluding tert-OH is 1. The number of Topliss-reactive ketones (excluding diaryl/α,β-unsaturated/α-hetero) is 2. The number of phenols is 1. The monoisotopic (exact) mass is 454 g/mol. The molecule has 0 heterocycles. The topological polar surface area (TPSA) is 190 Å². The standard InChI is InChI=1S/C23H22N2O8/c1-7-4-5-10-8(2)11-6-12-16(24)18(28)15(22(25)31)21(30)23(12,32)20(29)14(11)17(27)13(10)19(7)33-9(3)26/h4-5,12,16,27,30,32H,6,24H2,1-3H3,(H2,25,31)/t12-,16+,23-/m0/s1. The number of hydrogen-bond acceptors (Lipinski definition) is 9. The molecule has 0 aliphatic heterocycles. The highest BCUT2D eigenvalue weighted by molar-refractivity contribution is 6.25. The molecule has 10 nitrogen and oxygen atoms in total. The molecule has 0 fully saturated rings. The Bertz CT molecular complexity index is 1340. The maximum Gasteiger partial charge on any atom is 0.308 e. The van der Waals surface area contributed by atoms with Gasteiger partial charge in [-0.15, -0.1) is 0 Å². The Morgan fingerprint density at radius 2 is 1.82 bits per heavy atom. The number of amides is 1. The second kappa shape index (κ2) is 7.12. The van der Waals surface area contributed by atoms with Crippen LogP contribution in [0.4, 0.5) is 0 Å². The minimum absolute atomic E-state index is 0.0402. The molecule has 0 bridgehead atoms. The summed E-state index contributed by atoms with van der Waals surface area (Å²) in [6.07, 6.45) is -0.160. The number of fused-ring (bicyclic) bond motifs is 3. The zero-order chi connectivity index (χ0) is 24.6. The van der Waals surface area contributed by atoms with Crippen LogP contribution in [0.3, 0.4) is 0 Å². The van der Waals surface area contributed by atoms with Gasteiger partial charge in [0.15, 0.2) is 11.4 Å². The molecule has 2 aromatic rings. The Hall–Kier alpha value is -3.76. The summed E-state index contributed by atoms with van der Waals surface area (Å²) in [6, 6.07) is 1.87. The number of nitrogens with two attached hydrogens (primary N) is 2. The average molecular weight is 454 g/mol. The maximum atomic E-state index is 13.6. The molecule has 0 unspecified atom stereocenters. The van der Waals surface area contributed by atoms with Crippen molar-refractivity contribution in [1.82, 2.24) is 0 Å². The van der Waals surface area contributed by atoms with E-state index in [-0.39, 0.29) is 23.1 Å². The van der Waals surface area contributed by atoms with Crippen molar-refractivity contribution in [3.8, 4) is 11.5 Å². The summed E-state index contributed by atoms with van der Waals surface area (Å²) in [4.78, 5) is 49.6. The Labute approximate surface area is 187 Å². The molecule has 10 heteroatoms. The number of phenolic OH excluding ortho intramolecular Hbond substituents is 1.